The van der Waals surface area contributed by atoms with Crippen LogP contribution in [0.1, 0.15) is 26.7 Å². The average molecular weight is 416 g/mol. The van der Waals surface area contributed by atoms with E-state index in [4.69, 9.17) is 15.2 Å². The van der Waals surface area contributed by atoms with Crippen molar-refractivity contribution in [3.63, 3.8) is 0 Å². The smallest absolute Gasteiger partial charge is 0.327 e. The normalized spacial score (nSPS) is 10.9. The van der Waals surface area contributed by atoms with Crippen LogP contribution < -0.4 is 26.2 Å². The van der Waals surface area contributed by atoms with E-state index < -0.39 is 11.7 Å². The first-order valence-electron chi connectivity index (χ1n) is 9.53. The Morgan fingerprint density at radius 2 is 2.17 bits per heavy atom. The van der Waals surface area contributed by atoms with Gasteiger partial charge in [-0.05, 0) is 18.6 Å². The summed E-state index contributed by atoms with van der Waals surface area (Å²) in [5.74, 6) is -0.0865. The molecule has 0 saturated carbocycles. The quantitative estimate of drug-likeness (QED) is 0.231. The second-order valence-corrected chi connectivity index (χ2v) is 6.57. The molecule has 11 nitrogen and oxygen atoms in total. The van der Waals surface area contributed by atoms with E-state index in [1.807, 2.05) is 6.92 Å². The number of nitrogens with one attached hydrogen (secondary N) is 2. The van der Waals surface area contributed by atoms with E-state index in [0.29, 0.717) is 23.5 Å². The van der Waals surface area contributed by atoms with Gasteiger partial charge in [-0.15, -0.1) is 0 Å². The van der Waals surface area contributed by atoms with Crippen LogP contribution in [0.15, 0.2) is 23.0 Å². The number of ether oxygens (including phenoxy) is 2. The molecule has 0 atom stereocenters. The number of aromatic hydroxyl groups is 1. The zero-order valence-electron chi connectivity index (χ0n) is 16.8. The number of phenols is 1. The highest BCUT2D eigenvalue weighted by molar-refractivity contribution is 5.81. The van der Waals surface area contributed by atoms with Gasteiger partial charge in [-0.2, -0.15) is 9.97 Å². The number of carbonyl (C=O) groups excluding carboxylic acids is 1. The zero-order chi connectivity index (χ0) is 21.7. The van der Waals surface area contributed by atoms with Crippen molar-refractivity contribution in [1.82, 2.24) is 19.5 Å². The van der Waals surface area contributed by atoms with Crippen molar-refractivity contribution in [3.8, 4) is 17.5 Å². The van der Waals surface area contributed by atoms with E-state index in [0.717, 1.165) is 12.8 Å². The second-order valence-electron chi connectivity index (χ2n) is 6.57. The van der Waals surface area contributed by atoms with Crippen LogP contribution in [-0.2, 0) is 11.3 Å². The Kier molecular flexibility index (Phi) is 6.40. The number of rotatable bonds is 9. The number of esters is 1. The summed E-state index contributed by atoms with van der Waals surface area (Å²) in [7, 11) is 0. The number of hydrogen-bond donors (Lipinski definition) is 4. The summed E-state index contributed by atoms with van der Waals surface area (Å²) in [4.78, 5) is 34.7. The van der Waals surface area contributed by atoms with E-state index in [1.165, 1.54) is 29.7 Å². The lowest BCUT2D eigenvalue weighted by atomic mass is 10.2. The molecule has 0 unspecified atom stereocenters. The first kappa shape index (κ1) is 21.0. The minimum absolute atomic E-state index is 0.00653. The molecule has 0 bridgehead atoms. The Balaban J connectivity index is 1.79. The number of H-pyrrole nitrogens is 1. The van der Waals surface area contributed by atoms with Crippen molar-refractivity contribution in [2.24, 2.45) is 0 Å². The molecule has 0 fully saturated rings. The molecule has 30 heavy (non-hydrogen) atoms. The van der Waals surface area contributed by atoms with E-state index in [-0.39, 0.29) is 36.4 Å². The fourth-order valence-corrected chi connectivity index (χ4v) is 2.81. The Labute approximate surface area is 171 Å². The molecule has 5 N–H and O–H groups in total. The van der Waals surface area contributed by atoms with Gasteiger partial charge < -0.3 is 30.6 Å². The molecule has 0 aliphatic rings. The predicted molar refractivity (Wildman–Crippen MR) is 111 cm³/mol. The van der Waals surface area contributed by atoms with Gasteiger partial charge >= 0.3 is 17.7 Å². The molecule has 2 aromatic heterocycles. The van der Waals surface area contributed by atoms with E-state index in [9.17, 15) is 14.7 Å². The van der Waals surface area contributed by atoms with E-state index in [2.05, 4.69) is 20.3 Å². The minimum Gasteiger partial charge on any atom is -0.508 e. The number of hydrogen-bond acceptors (Lipinski definition) is 9. The number of benzene rings is 1. The van der Waals surface area contributed by atoms with Crippen molar-refractivity contribution < 1.29 is 19.4 Å². The lowest BCUT2D eigenvalue weighted by molar-refractivity contribution is -0.131. The van der Waals surface area contributed by atoms with Crippen molar-refractivity contribution in [3.05, 3.63) is 28.7 Å². The van der Waals surface area contributed by atoms with Crippen LogP contribution in [0.2, 0.25) is 0 Å². The van der Waals surface area contributed by atoms with Crippen LogP contribution in [0.3, 0.4) is 0 Å². The standard InChI is InChI=1S/C19H24N6O5/c1-3-4-9-29-18-23-16(20)15-17(24-18)25(19(28)22-15)8-7-21-13-10-12(27)5-6-14(13)30-11(2)26/h5-6,10,21,27H,3-4,7-9H2,1-2H3,(H,22,28)(H2,20,23,24). The number of anilines is 2. The number of carbonyl (C=O) groups is 1. The van der Waals surface area contributed by atoms with Gasteiger partial charge in [0.15, 0.2) is 17.2 Å². The summed E-state index contributed by atoms with van der Waals surface area (Å²) in [5.41, 5.74) is 6.62. The molecule has 3 aromatic rings. The Morgan fingerprint density at radius 3 is 2.90 bits per heavy atom. The third-order valence-corrected chi connectivity index (χ3v) is 4.23. The molecular formula is C19H24N6O5. The molecular weight excluding hydrogens is 392 g/mol. The van der Waals surface area contributed by atoms with Crippen molar-refractivity contribution >= 4 is 28.6 Å². The second kappa shape index (κ2) is 9.16. The third kappa shape index (κ3) is 4.80. The molecule has 0 spiro atoms. The molecule has 11 heteroatoms. The van der Waals surface area contributed by atoms with Gasteiger partial charge in [0.25, 0.3) is 0 Å². The van der Waals surface area contributed by atoms with Gasteiger partial charge in [-0.25, -0.2) is 4.79 Å². The topological polar surface area (TPSA) is 157 Å². The minimum atomic E-state index is -0.487. The number of imidazole rings is 1. The molecule has 2 heterocycles. The van der Waals surface area contributed by atoms with Crippen molar-refractivity contribution in [1.29, 1.82) is 0 Å². The fraction of sp³-hybridized carbons (Fsp3) is 0.368. The summed E-state index contributed by atoms with van der Waals surface area (Å²) in [6, 6.07) is 4.42. The van der Waals surface area contributed by atoms with Gasteiger partial charge in [0.05, 0.1) is 12.3 Å². The van der Waals surface area contributed by atoms with Crippen LogP contribution in [0.5, 0.6) is 17.5 Å². The number of nitrogens with zero attached hydrogens (tertiary/aromatic N) is 3. The highest BCUT2D eigenvalue weighted by Crippen LogP contribution is 2.28. The molecule has 0 aliphatic heterocycles. The number of aromatic amines is 1. The molecule has 1 aromatic carbocycles. The molecule has 0 saturated heterocycles. The van der Waals surface area contributed by atoms with Crippen molar-refractivity contribution in [2.75, 3.05) is 24.2 Å². The highest BCUT2D eigenvalue weighted by Gasteiger charge is 2.15. The first-order valence-corrected chi connectivity index (χ1v) is 9.53. The lowest BCUT2D eigenvalue weighted by Crippen LogP contribution is -2.22. The Bertz CT molecular complexity index is 1110. The number of fused-ring (bicyclic) bond motifs is 1. The van der Waals surface area contributed by atoms with E-state index >= 15 is 0 Å². The van der Waals surface area contributed by atoms with E-state index in [1.54, 1.807) is 0 Å². The van der Waals surface area contributed by atoms with Gasteiger partial charge in [0.2, 0.25) is 0 Å². The van der Waals surface area contributed by atoms with Crippen LogP contribution in [0.4, 0.5) is 11.5 Å². The monoisotopic (exact) mass is 416 g/mol. The zero-order valence-corrected chi connectivity index (χ0v) is 16.8. The maximum absolute atomic E-state index is 12.4. The summed E-state index contributed by atoms with van der Waals surface area (Å²) in [6.45, 7) is 4.28. The van der Waals surface area contributed by atoms with Gasteiger partial charge in [0.1, 0.15) is 11.3 Å². The van der Waals surface area contributed by atoms with Crippen molar-refractivity contribution in [2.45, 2.75) is 33.2 Å². The van der Waals surface area contributed by atoms with Gasteiger partial charge in [-0.3, -0.25) is 9.36 Å². The maximum Gasteiger partial charge on any atom is 0.327 e. The Hall–Kier alpha value is -3.76. The SMILES string of the molecule is CCCCOc1nc(N)c2[nH]c(=O)n(CCNc3cc(O)ccc3OC(C)=O)c2n1. The lowest BCUT2D eigenvalue weighted by Gasteiger charge is -2.12. The highest BCUT2D eigenvalue weighted by atomic mass is 16.5. The number of unbranched alkanes of at least 4 members (excludes halogenated alkanes) is 1. The fourth-order valence-electron chi connectivity index (χ4n) is 2.81. The van der Waals surface area contributed by atoms with Crippen LogP contribution >= 0.6 is 0 Å². The third-order valence-electron chi connectivity index (χ3n) is 4.23. The molecule has 3 rings (SSSR count). The van der Waals surface area contributed by atoms with Gasteiger partial charge in [0, 0.05) is 26.1 Å². The molecule has 160 valence electrons. The maximum atomic E-state index is 12.4. The summed E-state index contributed by atoms with van der Waals surface area (Å²) < 4.78 is 12.0. The number of phenolic OH excluding ortho intramolecular Hbond substituents is 1. The summed E-state index contributed by atoms with van der Waals surface area (Å²) in [5, 5.41) is 12.7. The first-order chi connectivity index (χ1) is 14.4. The van der Waals surface area contributed by atoms with Crippen LogP contribution in [0.25, 0.3) is 11.2 Å². The number of nitrogens with two attached hydrogens (primary N) is 1. The average Bonchev–Trinajstić information content (AvgIpc) is 3.00. The van der Waals surface area contributed by atoms with Gasteiger partial charge in [-0.1, -0.05) is 13.3 Å². The van der Waals surface area contributed by atoms with Crippen LogP contribution in [-0.4, -0.2) is 43.7 Å². The Morgan fingerprint density at radius 1 is 1.37 bits per heavy atom. The number of aromatic nitrogens is 4. The molecule has 0 aliphatic carbocycles. The predicted octanol–water partition coefficient (Wildman–Crippen LogP) is 1.62. The molecule has 0 amide bonds. The summed E-state index contributed by atoms with van der Waals surface area (Å²) >= 11 is 0. The largest absolute Gasteiger partial charge is 0.508 e. The molecule has 0 radical (unpaired) electrons. The van der Waals surface area contributed by atoms with Crippen LogP contribution in [0, 0.1) is 0 Å². The number of nitrogen functional groups attached to an aromatic ring is 1. The summed E-state index contributed by atoms with van der Waals surface area (Å²) in [6.07, 6.45) is 1.81.